The van der Waals surface area contributed by atoms with Gasteiger partial charge in [-0.15, -0.1) is 0 Å². The molecule has 1 aromatic heterocycles. The summed E-state index contributed by atoms with van der Waals surface area (Å²) in [7, 11) is 2.69. The Hall–Kier alpha value is -3.36. The van der Waals surface area contributed by atoms with E-state index in [1.165, 1.54) is 18.7 Å². The second kappa shape index (κ2) is 10.6. The van der Waals surface area contributed by atoms with Gasteiger partial charge in [0.1, 0.15) is 12.4 Å². The van der Waals surface area contributed by atoms with Gasteiger partial charge in [0.25, 0.3) is 5.56 Å². The van der Waals surface area contributed by atoms with Gasteiger partial charge in [0.15, 0.2) is 5.69 Å². The number of nitrogens with one attached hydrogen (secondary N) is 1. The molecular weight excluding hydrogens is 402 g/mol. The number of methoxy groups -OCH3 is 1. The van der Waals surface area contributed by atoms with Crippen LogP contribution >= 0.6 is 0 Å². The van der Waals surface area contributed by atoms with Crippen LogP contribution in [0.3, 0.4) is 0 Å². The third kappa shape index (κ3) is 6.07. The number of ether oxygens (including phenoxy) is 3. The Morgan fingerprint density at radius 3 is 2.48 bits per heavy atom. The van der Waals surface area contributed by atoms with E-state index in [0.717, 1.165) is 12.0 Å². The molecule has 0 atom stereocenters. The summed E-state index contributed by atoms with van der Waals surface area (Å²) < 4.78 is 16.8. The molecule has 1 aromatic carbocycles. The van der Waals surface area contributed by atoms with Crippen molar-refractivity contribution in [2.24, 2.45) is 7.05 Å². The lowest BCUT2D eigenvalue weighted by atomic mass is 10.0. The van der Waals surface area contributed by atoms with E-state index >= 15 is 0 Å². The van der Waals surface area contributed by atoms with Gasteiger partial charge in [-0.25, -0.2) is 14.6 Å². The molecule has 168 valence electrons. The minimum absolute atomic E-state index is 0.0900. The number of rotatable bonds is 9. The van der Waals surface area contributed by atoms with Crippen molar-refractivity contribution in [2.75, 3.05) is 13.7 Å². The molecule has 9 nitrogen and oxygen atoms in total. The number of unbranched alkanes of at least 4 members (excludes halogenated alkanes) is 1. The van der Waals surface area contributed by atoms with Gasteiger partial charge in [-0.3, -0.25) is 9.36 Å². The van der Waals surface area contributed by atoms with Gasteiger partial charge < -0.3 is 19.5 Å². The molecule has 1 heterocycles. The lowest BCUT2D eigenvalue weighted by molar-refractivity contribution is 0.0586. The molecule has 0 aliphatic rings. The number of alkyl carbamates (subject to hydrolysis) is 1. The van der Waals surface area contributed by atoms with E-state index in [-0.39, 0.29) is 30.5 Å². The van der Waals surface area contributed by atoms with Crippen LogP contribution in [0.15, 0.2) is 35.1 Å². The Balaban J connectivity index is 2.29. The standard InChI is InChI=1S/C22H29N3O6/c1-6-7-13-30-17-16(19(27)29-5)23-20(25(4)18(17)26)22(2,3)24-21(28)31-14-15-11-9-8-10-12-15/h8-12H,6-7,13-14H2,1-5H3,(H,24,28). The zero-order valence-electron chi connectivity index (χ0n) is 18.6. The molecule has 0 radical (unpaired) electrons. The zero-order valence-corrected chi connectivity index (χ0v) is 18.6. The first-order valence-corrected chi connectivity index (χ1v) is 10.0. The molecular formula is C22H29N3O6. The Labute approximate surface area is 181 Å². The minimum Gasteiger partial charge on any atom is -0.486 e. The maximum Gasteiger partial charge on any atom is 0.408 e. The summed E-state index contributed by atoms with van der Waals surface area (Å²) in [5.41, 5.74) is -1.08. The number of benzene rings is 1. The summed E-state index contributed by atoms with van der Waals surface area (Å²) in [5, 5.41) is 2.69. The van der Waals surface area contributed by atoms with Crippen LogP contribution in [-0.4, -0.2) is 35.3 Å². The van der Waals surface area contributed by atoms with E-state index in [1.54, 1.807) is 13.8 Å². The first kappa shape index (κ1) is 23.9. The van der Waals surface area contributed by atoms with Gasteiger partial charge in [-0.1, -0.05) is 43.7 Å². The molecule has 9 heteroatoms. The van der Waals surface area contributed by atoms with Gasteiger partial charge in [-0.05, 0) is 25.8 Å². The highest BCUT2D eigenvalue weighted by Gasteiger charge is 2.32. The molecule has 2 aromatic rings. The highest BCUT2D eigenvalue weighted by Crippen LogP contribution is 2.21. The van der Waals surface area contributed by atoms with Crippen molar-refractivity contribution < 1.29 is 23.8 Å². The summed E-state index contributed by atoms with van der Waals surface area (Å²) >= 11 is 0. The Kier molecular flexibility index (Phi) is 8.18. The number of hydrogen-bond donors (Lipinski definition) is 1. The monoisotopic (exact) mass is 431 g/mol. The zero-order chi connectivity index (χ0) is 23.0. The minimum atomic E-state index is -1.13. The first-order chi connectivity index (χ1) is 14.7. The first-order valence-electron chi connectivity index (χ1n) is 10.0. The van der Waals surface area contributed by atoms with Crippen LogP contribution in [0.1, 0.15) is 55.5 Å². The molecule has 0 bridgehead atoms. The van der Waals surface area contributed by atoms with E-state index in [2.05, 4.69) is 10.3 Å². The Morgan fingerprint density at radius 1 is 1.19 bits per heavy atom. The van der Waals surface area contributed by atoms with Gasteiger partial charge in [0.05, 0.1) is 19.3 Å². The average molecular weight is 431 g/mol. The number of carbonyl (C=O) groups excluding carboxylic acids is 2. The molecule has 31 heavy (non-hydrogen) atoms. The number of hydrogen-bond acceptors (Lipinski definition) is 7. The third-order valence-electron chi connectivity index (χ3n) is 4.56. The number of esters is 1. The van der Waals surface area contributed by atoms with Gasteiger partial charge in [0, 0.05) is 7.05 Å². The van der Waals surface area contributed by atoms with Crippen LogP contribution in [-0.2, 0) is 28.7 Å². The lowest BCUT2D eigenvalue weighted by Gasteiger charge is -2.27. The summed E-state index contributed by atoms with van der Waals surface area (Å²) in [6.45, 7) is 5.64. The molecule has 2 rings (SSSR count). The highest BCUT2D eigenvalue weighted by atomic mass is 16.5. The molecule has 0 aliphatic heterocycles. The van der Waals surface area contributed by atoms with Crippen LogP contribution in [0.4, 0.5) is 4.79 Å². The quantitative estimate of drug-likeness (QED) is 0.480. The van der Waals surface area contributed by atoms with Crippen LogP contribution in [0.25, 0.3) is 0 Å². The van der Waals surface area contributed by atoms with Crippen molar-refractivity contribution in [1.29, 1.82) is 0 Å². The Bertz CT molecular complexity index is 969. The van der Waals surface area contributed by atoms with Crippen molar-refractivity contribution in [2.45, 2.75) is 45.8 Å². The lowest BCUT2D eigenvalue weighted by Crippen LogP contribution is -2.46. The fraction of sp³-hybridized carbons (Fsp3) is 0.455. The maximum absolute atomic E-state index is 12.9. The van der Waals surface area contributed by atoms with Gasteiger partial charge in [0.2, 0.25) is 5.75 Å². The second-order valence-corrected chi connectivity index (χ2v) is 7.48. The normalized spacial score (nSPS) is 11.0. The molecule has 0 aliphatic carbocycles. The van der Waals surface area contributed by atoms with Crippen molar-refractivity contribution in [3.63, 3.8) is 0 Å². The smallest absolute Gasteiger partial charge is 0.408 e. The fourth-order valence-electron chi connectivity index (χ4n) is 2.89. The number of carbonyl (C=O) groups is 2. The van der Waals surface area contributed by atoms with Crippen LogP contribution in [0.2, 0.25) is 0 Å². The van der Waals surface area contributed by atoms with E-state index < -0.39 is 23.2 Å². The van der Waals surface area contributed by atoms with E-state index in [1.807, 2.05) is 37.3 Å². The van der Waals surface area contributed by atoms with Crippen molar-refractivity contribution in [3.05, 3.63) is 57.8 Å². The fourth-order valence-corrected chi connectivity index (χ4v) is 2.89. The molecule has 0 unspecified atom stereocenters. The molecule has 0 spiro atoms. The summed E-state index contributed by atoms with van der Waals surface area (Å²) in [5.74, 6) is -0.820. The second-order valence-electron chi connectivity index (χ2n) is 7.48. The number of nitrogens with zero attached hydrogens (tertiary/aromatic N) is 2. The van der Waals surface area contributed by atoms with Crippen LogP contribution < -0.4 is 15.6 Å². The summed E-state index contributed by atoms with van der Waals surface area (Å²) in [4.78, 5) is 41.9. The largest absolute Gasteiger partial charge is 0.486 e. The molecule has 0 fully saturated rings. The number of aromatic nitrogens is 2. The predicted molar refractivity (Wildman–Crippen MR) is 114 cm³/mol. The van der Waals surface area contributed by atoms with Crippen LogP contribution in [0, 0.1) is 0 Å². The molecule has 1 amide bonds. The third-order valence-corrected chi connectivity index (χ3v) is 4.56. The maximum atomic E-state index is 12.9. The SMILES string of the molecule is CCCCOc1c(C(=O)OC)nc(C(C)(C)NC(=O)OCc2ccccc2)n(C)c1=O. The Morgan fingerprint density at radius 2 is 1.87 bits per heavy atom. The van der Waals surface area contributed by atoms with Crippen molar-refractivity contribution >= 4 is 12.1 Å². The molecule has 0 saturated carbocycles. The van der Waals surface area contributed by atoms with Crippen molar-refractivity contribution in [3.8, 4) is 5.75 Å². The topological polar surface area (TPSA) is 109 Å². The number of amides is 1. The van der Waals surface area contributed by atoms with E-state index in [9.17, 15) is 14.4 Å². The summed E-state index contributed by atoms with van der Waals surface area (Å²) in [6, 6.07) is 9.23. The van der Waals surface area contributed by atoms with E-state index in [0.29, 0.717) is 6.42 Å². The predicted octanol–water partition coefficient (Wildman–Crippen LogP) is 2.91. The summed E-state index contributed by atoms with van der Waals surface area (Å²) in [6.07, 6.45) is 0.888. The van der Waals surface area contributed by atoms with Gasteiger partial charge in [-0.2, -0.15) is 0 Å². The van der Waals surface area contributed by atoms with Crippen LogP contribution in [0.5, 0.6) is 5.75 Å². The molecule has 1 N–H and O–H groups in total. The highest BCUT2D eigenvalue weighted by molar-refractivity contribution is 5.90. The van der Waals surface area contributed by atoms with Crippen molar-refractivity contribution in [1.82, 2.24) is 14.9 Å². The average Bonchev–Trinajstić information content (AvgIpc) is 2.75. The molecule has 0 saturated heterocycles. The van der Waals surface area contributed by atoms with Gasteiger partial charge >= 0.3 is 12.1 Å². The van der Waals surface area contributed by atoms with E-state index in [4.69, 9.17) is 14.2 Å².